The van der Waals surface area contributed by atoms with Crippen LogP contribution in [0.1, 0.15) is 41.3 Å². The molecule has 0 fully saturated rings. The molecule has 1 aromatic rings. The highest BCUT2D eigenvalue weighted by molar-refractivity contribution is 5.90. The topological polar surface area (TPSA) is 37.3 Å². The molecule has 0 spiro atoms. The summed E-state index contributed by atoms with van der Waals surface area (Å²) in [6.07, 6.45) is 0. The predicted molar refractivity (Wildman–Crippen MR) is 52.2 cm³/mol. The lowest BCUT2D eigenvalue weighted by Crippen LogP contribution is -2.07. The second-order valence-corrected chi connectivity index (χ2v) is 3.64. The van der Waals surface area contributed by atoms with E-state index in [1.54, 1.807) is 6.92 Å². The molecule has 0 atom stereocenters. The van der Waals surface area contributed by atoms with E-state index in [4.69, 9.17) is 5.11 Å². The maximum atomic E-state index is 13.0. The molecular formula is C11H13FO2. The number of aromatic carboxylic acids is 1. The smallest absolute Gasteiger partial charge is 0.336 e. The molecule has 0 aromatic heterocycles. The number of halogens is 1. The SMILES string of the molecule is Cc1cc(F)cc(C(=O)O)c1C(C)C. The monoisotopic (exact) mass is 196 g/mol. The Kier molecular flexibility index (Phi) is 2.89. The van der Waals surface area contributed by atoms with E-state index in [1.165, 1.54) is 6.07 Å². The first kappa shape index (κ1) is 10.7. The van der Waals surface area contributed by atoms with Gasteiger partial charge in [0.1, 0.15) is 5.82 Å². The normalized spacial score (nSPS) is 10.6. The van der Waals surface area contributed by atoms with Crippen molar-refractivity contribution in [1.29, 1.82) is 0 Å². The first-order valence-corrected chi connectivity index (χ1v) is 4.46. The van der Waals surface area contributed by atoms with Crippen LogP contribution < -0.4 is 0 Å². The average molecular weight is 196 g/mol. The molecule has 0 aliphatic carbocycles. The first-order valence-electron chi connectivity index (χ1n) is 4.46. The van der Waals surface area contributed by atoms with Gasteiger partial charge in [-0.15, -0.1) is 0 Å². The summed E-state index contributed by atoms with van der Waals surface area (Å²) in [6.45, 7) is 5.52. The molecule has 0 aliphatic rings. The van der Waals surface area contributed by atoms with Crippen molar-refractivity contribution in [3.05, 3.63) is 34.6 Å². The summed E-state index contributed by atoms with van der Waals surface area (Å²) in [5, 5.41) is 8.90. The van der Waals surface area contributed by atoms with Gasteiger partial charge in [-0.05, 0) is 36.1 Å². The van der Waals surface area contributed by atoms with Gasteiger partial charge in [0.25, 0.3) is 0 Å². The molecule has 1 aromatic carbocycles. The molecule has 0 saturated carbocycles. The molecule has 14 heavy (non-hydrogen) atoms. The number of hydrogen-bond donors (Lipinski definition) is 1. The molecule has 76 valence electrons. The third kappa shape index (κ3) is 1.92. The lowest BCUT2D eigenvalue weighted by atomic mass is 9.92. The van der Waals surface area contributed by atoms with E-state index in [-0.39, 0.29) is 11.5 Å². The quantitative estimate of drug-likeness (QED) is 0.789. The highest BCUT2D eigenvalue weighted by Gasteiger charge is 2.16. The van der Waals surface area contributed by atoms with Crippen LogP contribution in [0, 0.1) is 12.7 Å². The maximum absolute atomic E-state index is 13.0. The Hall–Kier alpha value is -1.38. The zero-order valence-electron chi connectivity index (χ0n) is 8.47. The van der Waals surface area contributed by atoms with Gasteiger partial charge >= 0.3 is 5.97 Å². The fourth-order valence-corrected chi connectivity index (χ4v) is 1.70. The summed E-state index contributed by atoms with van der Waals surface area (Å²) in [6, 6.07) is 2.44. The van der Waals surface area contributed by atoms with Gasteiger partial charge in [0.05, 0.1) is 5.56 Å². The average Bonchev–Trinajstić information content (AvgIpc) is 2.01. The van der Waals surface area contributed by atoms with Crippen molar-refractivity contribution in [1.82, 2.24) is 0 Å². The van der Waals surface area contributed by atoms with Gasteiger partial charge in [0.2, 0.25) is 0 Å². The highest BCUT2D eigenvalue weighted by atomic mass is 19.1. The number of rotatable bonds is 2. The predicted octanol–water partition coefficient (Wildman–Crippen LogP) is 2.96. The van der Waals surface area contributed by atoms with Crippen LogP contribution in [0.15, 0.2) is 12.1 Å². The molecule has 0 bridgehead atoms. The second kappa shape index (κ2) is 3.78. The van der Waals surface area contributed by atoms with E-state index in [0.29, 0.717) is 11.1 Å². The van der Waals surface area contributed by atoms with Crippen LogP contribution in [0.5, 0.6) is 0 Å². The standard InChI is InChI=1S/C11H13FO2/c1-6(2)10-7(3)4-8(12)5-9(10)11(13)14/h4-6H,1-3H3,(H,13,14). The van der Waals surface area contributed by atoms with Crippen LogP contribution in [-0.2, 0) is 0 Å². The molecule has 2 nitrogen and oxygen atoms in total. The number of hydrogen-bond acceptors (Lipinski definition) is 1. The highest BCUT2D eigenvalue weighted by Crippen LogP contribution is 2.24. The number of carboxylic acids is 1. The summed E-state index contributed by atoms with van der Waals surface area (Å²) >= 11 is 0. The summed E-state index contributed by atoms with van der Waals surface area (Å²) in [5.41, 5.74) is 1.47. The third-order valence-electron chi connectivity index (χ3n) is 2.16. The van der Waals surface area contributed by atoms with Gasteiger partial charge in [-0.2, -0.15) is 0 Å². The zero-order valence-corrected chi connectivity index (χ0v) is 8.47. The number of carbonyl (C=O) groups is 1. The minimum atomic E-state index is -1.07. The molecule has 0 unspecified atom stereocenters. The van der Waals surface area contributed by atoms with Gasteiger partial charge in [0.15, 0.2) is 0 Å². The lowest BCUT2D eigenvalue weighted by Gasteiger charge is -2.13. The van der Waals surface area contributed by atoms with Crippen molar-refractivity contribution in [3.8, 4) is 0 Å². The van der Waals surface area contributed by atoms with Crippen LogP contribution in [-0.4, -0.2) is 11.1 Å². The molecular weight excluding hydrogens is 183 g/mol. The molecule has 1 N–H and O–H groups in total. The molecule has 0 heterocycles. The van der Waals surface area contributed by atoms with E-state index in [0.717, 1.165) is 6.07 Å². The van der Waals surface area contributed by atoms with Crippen LogP contribution in [0.2, 0.25) is 0 Å². The number of carboxylic acid groups (broad SMARTS) is 1. The van der Waals surface area contributed by atoms with Crippen LogP contribution in [0.25, 0.3) is 0 Å². The number of benzene rings is 1. The van der Waals surface area contributed by atoms with Crippen LogP contribution in [0.4, 0.5) is 4.39 Å². The van der Waals surface area contributed by atoms with E-state index >= 15 is 0 Å². The maximum Gasteiger partial charge on any atom is 0.336 e. The van der Waals surface area contributed by atoms with Crippen LogP contribution >= 0.6 is 0 Å². The number of aryl methyl sites for hydroxylation is 1. The van der Waals surface area contributed by atoms with Gasteiger partial charge < -0.3 is 5.11 Å². The Balaban J connectivity index is 3.44. The minimum Gasteiger partial charge on any atom is -0.478 e. The van der Waals surface area contributed by atoms with E-state index < -0.39 is 11.8 Å². The lowest BCUT2D eigenvalue weighted by molar-refractivity contribution is 0.0694. The Labute approximate surface area is 82.4 Å². The molecule has 0 aliphatic heterocycles. The third-order valence-corrected chi connectivity index (χ3v) is 2.16. The first-order chi connectivity index (χ1) is 6.43. The van der Waals surface area contributed by atoms with Crippen molar-refractivity contribution < 1.29 is 14.3 Å². The van der Waals surface area contributed by atoms with Gasteiger partial charge in [-0.25, -0.2) is 9.18 Å². The van der Waals surface area contributed by atoms with E-state index in [1.807, 2.05) is 13.8 Å². The van der Waals surface area contributed by atoms with Gasteiger partial charge in [-0.1, -0.05) is 13.8 Å². The fourth-order valence-electron chi connectivity index (χ4n) is 1.70. The van der Waals surface area contributed by atoms with Crippen molar-refractivity contribution in [3.63, 3.8) is 0 Å². The fraction of sp³-hybridized carbons (Fsp3) is 0.364. The second-order valence-electron chi connectivity index (χ2n) is 3.64. The van der Waals surface area contributed by atoms with Crippen molar-refractivity contribution >= 4 is 5.97 Å². The molecule has 0 amide bonds. The Morgan fingerprint density at radius 3 is 2.43 bits per heavy atom. The largest absolute Gasteiger partial charge is 0.478 e. The Morgan fingerprint density at radius 2 is 2.00 bits per heavy atom. The summed E-state index contributed by atoms with van der Waals surface area (Å²) in [5.74, 6) is -1.48. The van der Waals surface area contributed by atoms with E-state index in [9.17, 15) is 9.18 Å². The van der Waals surface area contributed by atoms with E-state index in [2.05, 4.69) is 0 Å². The van der Waals surface area contributed by atoms with Crippen molar-refractivity contribution in [2.45, 2.75) is 26.7 Å². The van der Waals surface area contributed by atoms with Crippen molar-refractivity contribution in [2.75, 3.05) is 0 Å². The molecule has 0 radical (unpaired) electrons. The summed E-state index contributed by atoms with van der Waals surface area (Å²) in [7, 11) is 0. The zero-order chi connectivity index (χ0) is 10.9. The molecule has 0 saturated heterocycles. The van der Waals surface area contributed by atoms with Crippen molar-refractivity contribution in [2.24, 2.45) is 0 Å². The molecule has 3 heteroatoms. The Morgan fingerprint density at radius 1 is 1.43 bits per heavy atom. The molecule has 1 rings (SSSR count). The summed E-state index contributed by atoms with van der Waals surface area (Å²) < 4.78 is 13.0. The van der Waals surface area contributed by atoms with Gasteiger partial charge in [-0.3, -0.25) is 0 Å². The van der Waals surface area contributed by atoms with Gasteiger partial charge in [0, 0.05) is 0 Å². The Bertz CT molecular complexity index is 370. The van der Waals surface area contributed by atoms with Crippen LogP contribution in [0.3, 0.4) is 0 Å². The summed E-state index contributed by atoms with van der Waals surface area (Å²) in [4.78, 5) is 10.9. The minimum absolute atomic E-state index is 0.0671.